The fourth-order valence-corrected chi connectivity index (χ4v) is 0.845. The molecule has 2 heteroatoms. The van der Waals surface area contributed by atoms with Crippen molar-refractivity contribution in [1.29, 1.82) is 5.41 Å². The van der Waals surface area contributed by atoms with Crippen molar-refractivity contribution in [1.82, 2.24) is 0 Å². The van der Waals surface area contributed by atoms with E-state index in [1.165, 1.54) is 0 Å². The van der Waals surface area contributed by atoms with Gasteiger partial charge in [-0.25, -0.2) is 0 Å². The molecule has 1 N–H and O–H groups in total. The summed E-state index contributed by atoms with van der Waals surface area (Å²) < 4.78 is 4.97. The van der Waals surface area contributed by atoms with Gasteiger partial charge >= 0.3 is 0 Å². The molecule has 2 nitrogen and oxygen atoms in total. The minimum atomic E-state index is 0.365. The van der Waals surface area contributed by atoms with Crippen LogP contribution in [0.15, 0.2) is 0 Å². The van der Waals surface area contributed by atoms with Gasteiger partial charge in [-0.2, -0.15) is 0 Å². The molecule has 0 bridgehead atoms. The topological polar surface area (TPSA) is 33.1 Å². The molecule has 0 saturated carbocycles. The Hall–Kier alpha value is -0.530. The van der Waals surface area contributed by atoms with Crippen molar-refractivity contribution in [3.63, 3.8) is 0 Å². The molecule has 1 aliphatic heterocycles. The molecule has 1 saturated heterocycles. The smallest absolute Gasteiger partial charge is 0.183 e. The molecule has 1 atom stereocenters. The van der Waals surface area contributed by atoms with Crippen molar-refractivity contribution in [3.05, 3.63) is 0 Å². The lowest BCUT2D eigenvalue weighted by atomic mass is 10.0. The lowest BCUT2D eigenvalue weighted by Crippen LogP contribution is -2.20. The molecule has 0 aromatic rings. The third kappa shape index (κ3) is 0.997. The van der Waals surface area contributed by atoms with Gasteiger partial charge < -0.3 is 4.74 Å². The Morgan fingerprint density at radius 1 is 1.75 bits per heavy atom. The summed E-state index contributed by atoms with van der Waals surface area (Å²) in [5.74, 6) is 0.833. The summed E-state index contributed by atoms with van der Waals surface area (Å²) >= 11 is 0. The quantitative estimate of drug-likeness (QED) is 0.506. The second kappa shape index (κ2) is 2.16. The molecule has 8 heavy (non-hydrogen) atoms. The van der Waals surface area contributed by atoms with Crippen molar-refractivity contribution in [3.8, 4) is 0 Å². The van der Waals surface area contributed by atoms with Gasteiger partial charge in [0.1, 0.15) is 0 Å². The second-order valence-electron chi connectivity index (χ2n) is 2.26. The maximum absolute atomic E-state index is 7.17. The van der Waals surface area contributed by atoms with Crippen molar-refractivity contribution in [2.24, 2.45) is 5.92 Å². The maximum Gasteiger partial charge on any atom is 0.183 e. The zero-order valence-electron chi connectivity index (χ0n) is 5.11. The Labute approximate surface area is 49.4 Å². The second-order valence-corrected chi connectivity index (χ2v) is 2.26. The third-order valence-corrected chi connectivity index (χ3v) is 1.49. The van der Waals surface area contributed by atoms with Crippen LogP contribution >= 0.6 is 0 Å². The van der Waals surface area contributed by atoms with Crippen LogP contribution in [0.3, 0.4) is 0 Å². The molecule has 1 aliphatic rings. The van der Waals surface area contributed by atoms with E-state index in [9.17, 15) is 0 Å². The molecule has 0 amide bonds. The summed E-state index contributed by atoms with van der Waals surface area (Å²) in [5, 5.41) is 7.17. The van der Waals surface area contributed by atoms with Crippen LogP contribution in [0.1, 0.15) is 19.8 Å². The van der Waals surface area contributed by atoms with Gasteiger partial charge in [-0.05, 0) is 12.8 Å². The van der Waals surface area contributed by atoms with Crippen LogP contribution in [-0.4, -0.2) is 12.5 Å². The molecule has 0 aliphatic carbocycles. The average Bonchev–Trinajstić information content (AvgIpc) is 1.77. The molecule has 0 aromatic heterocycles. The molecule has 0 radical (unpaired) electrons. The van der Waals surface area contributed by atoms with Crippen LogP contribution in [0.2, 0.25) is 0 Å². The van der Waals surface area contributed by atoms with Gasteiger partial charge in [-0.1, -0.05) is 6.92 Å². The highest BCUT2D eigenvalue weighted by atomic mass is 16.5. The molecule has 0 spiro atoms. The van der Waals surface area contributed by atoms with Crippen LogP contribution in [-0.2, 0) is 4.74 Å². The summed E-state index contributed by atoms with van der Waals surface area (Å²) in [4.78, 5) is 0. The predicted octanol–water partition coefficient (Wildman–Crippen LogP) is 1.41. The van der Waals surface area contributed by atoms with E-state index in [0.29, 0.717) is 11.8 Å². The average molecular weight is 113 g/mol. The molecule has 1 rings (SSSR count). The van der Waals surface area contributed by atoms with Crippen molar-refractivity contribution in [2.75, 3.05) is 6.61 Å². The van der Waals surface area contributed by atoms with E-state index in [-0.39, 0.29) is 0 Å². The van der Waals surface area contributed by atoms with E-state index in [1.807, 2.05) is 6.92 Å². The van der Waals surface area contributed by atoms with E-state index in [1.54, 1.807) is 0 Å². The number of ether oxygens (including phenoxy) is 1. The fourth-order valence-electron chi connectivity index (χ4n) is 0.845. The van der Waals surface area contributed by atoms with Crippen molar-refractivity contribution >= 4 is 5.90 Å². The van der Waals surface area contributed by atoms with E-state index < -0.39 is 0 Å². The minimum Gasteiger partial charge on any atom is -0.481 e. The Bertz CT molecular complexity index is 101. The number of hydrogen-bond acceptors (Lipinski definition) is 2. The van der Waals surface area contributed by atoms with Gasteiger partial charge in [-0.3, -0.25) is 5.41 Å². The zero-order valence-corrected chi connectivity index (χ0v) is 5.11. The van der Waals surface area contributed by atoms with E-state index in [0.717, 1.165) is 19.4 Å². The van der Waals surface area contributed by atoms with Gasteiger partial charge in [0.15, 0.2) is 5.90 Å². The largest absolute Gasteiger partial charge is 0.481 e. The third-order valence-electron chi connectivity index (χ3n) is 1.49. The zero-order chi connectivity index (χ0) is 5.98. The molecule has 1 fully saturated rings. The lowest BCUT2D eigenvalue weighted by molar-refractivity contribution is 0.231. The summed E-state index contributed by atoms with van der Waals surface area (Å²) in [6, 6.07) is 0. The van der Waals surface area contributed by atoms with E-state index in [2.05, 4.69) is 0 Å². The predicted molar refractivity (Wildman–Crippen MR) is 32.1 cm³/mol. The molecular weight excluding hydrogens is 102 g/mol. The summed E-state index contributed by atoms with van der Waals surface area (Å²) in [5.41, 5.74) is 0. The van der Waals surface area contributed by atoms with E-state index >= 15 is 0 Å². The molecule has 46 valence electrons. The van der Waals surface area contributed by atoms with Gasteiger partial charge in [0, 0.05) is 5.92 Å². The summed E-state index contributed by atoms with van der Waals surface area (Å²) in [6.45, 7) is 2.78. The van der Waals surface area contributed by atoms with Crippen LogP contribution in [0.5, 0.6) is 0 Å². The van der Waals surface area contributed by atoms with Crippen LogP contribution in [0, 0.1) is 11.3 Å². The Kier molecular flexibility index (Phi) is 1.51. The van der Waals surface area contributed by atoms with Crippen molar-refractivity contribution < 1.29 is 4.74 Å². The monoisotopic (exact) mass is 113 g/mol. The maximum atomic E-state index is 7.17. The van der Waals surface area contributed by atoms with Gasteiger partial charge in [0.2, 0.25) is 0 Å². The highest BCUT2D eigenvalue weighted by Crippen LogP contribution is 2.13. The first-order chi connectivity index (χ1) is 3.80. The first-order valence-corrected chi connectivity index (χ1v) is 3.02. The van der Waals surface area contributed by atoms with Crippen LogP contribution < -0.4 is 0 Å². The van der Waals surface area contributed by atoms with Crippen LogP contribution in [0.4, 0.5) is 0 Å². The number of hydrogen-bond donors (Lipinski definition) is 1. The van der Waals surface area contributed by atoms with Gasteiger partial charge in [-0.15, -0.1) is 0 Å². The van der Waals surface area contributed by atoms with Gasteiger partial charge in [0.25, 0.3) is 0 Å². The first kappa shape index (κ1) is 5.60. The van der Waals surface area contributed by atoms with Crippen molar-refractivity contribution in [2.45, 2.75) is 19.8 Å². The molecule has 1 heterocycles. The molecular formula is C6H11NO. The normalized spacial score (nSPS) is 29.6. The Morgan fingerprint density at radius 3 is 2.88 bits per heavy atom. The molecule has 1 unspecified atom stereocenters. The Balaban J connectivity index is 2.39. The summed E-state index contributed by atoms with van der Waals surface area (Å²) in [7, 11) is 0. The molecule has 0 aromatic carbocycles. The number of rotatable bonds is 0. The van der Waals surface area contributed by atoms with E-state index in [4.69, 9.17) is 10.1 Å². The first-order valence-electron chi connectivity index (χ1n) is 3.02. The SMILES string of the molecule is CC1CCCOC1=N. The Morgan fingerprint density at radius 2 is 2.50 bits per heavy atom. The van der Waals surface area contributed by atoms with Gasteiger partial charge in [0.05, 0.1) is 6.61 Å². The van der Waals surface area contributed by atoms with Crippen LogP contribution in [0.25, 0.3) is 0 Å². The highest BCUT2D eigenvalue weighted by Gasteiger charge is 2.14. The lowest BCUT2D eigenvalue weighted by Gasteiger charge is -2.18. The minimum absolute atomic E-state index is 0.365. The highest BCUT2D eigenvalue weighted by molar-refractivity contribution is 5.75. The standard InChI is InChI=1S/C6H11NO/c1-5-3-2-4-8-6(5)7/h5,7H,2-4H2,1H3. The number of nitrogens with one attached hydrogen (secondary N) is 1. The summed E-state index contributed by atoms with van der Waals surface area (Å²) in [6.07, 6.45) is 2.24. The fraction of sp³-hybridized carbons (Fsp3) is 0.833.